The second kappa shape index (κ2) is 16.2. The van der Waals surface area contributed by atoms with Crippen LogP contribution in [0.15, 0.2) is 12.7 Å². The highest BCUT2D eigenvalue weighted by molar-refractivity contribution is 5.86. The second-order valence-corrected chi connectivity index (χ2v) is 1.50. The molecule has 0 aromatic carbocycles. The highest BCUT2D eigenvalue weighted by atomic mass is 35.5. The van der Waals surface area contributed by atoms with Gasteiger partial charge in [0.1, 0.15) is 0 Å². The monoisotopic (exact) mass is 183 g/mol. The number of amides is 1. The van der Waals surface area contributed by atoms with E-state index in [1.807, 2.05) is 6.92 Å². The summed E-state index contributed by atoms with van der Waals surface area (Å²) in [5, 5.41) is 2.62. The summed E-state index contributed by atoms with van der Waals surface area (Å²) in [4.78, 5) is 10.3. The van der Waals surface area contributed by atoms with Crippen molar-refractivity contribution in [1.82, 2.24) is 17.6 Å². The maximum atomic E-state index is 10.3. The van der Waals surface area contributed by atoms with Crippen molar-refractivity contribution in [2.45, 2.75) is 13.3 Å². The zero-order valence-corrected chi connectivity index (χ0v) is 7.75. The van der Waals surface area contributed by atoms with E-state index in [1.54, 1.807) is 0 Å². The minimum Gasteiger partial charge on any atom is -0.353 e. The molecule has 0 saturated carbocycles. The molecule has 70 valence electrons. The van der Waals surface area contributed by atoms with E-state index >= 15 is 0 Å². The molecule has 7 N–H and O–H groups in total. The normalized spacial score (nSPS) is 5.91. The lowest BCUT2D eigenvalue weighted by molar-refractivity contribution is -0.116. The molecule has 11 heavy (non-hydrogen) atoms. The summed E-state index contributed by atoms with van der Waals surface area (Å²) in [5.74, 6) is -0.0909. The first-order valence-corrected chi connectivity index (χ1v) is 2.71. The number of rotatable bonds is 3. The lowest BCUT2D eigenvalue weighted by Gasteiger charge is -1.94. The highest BCUT2D eigenvalue weighted by Crippen LogP contribution is 1.70. The van der Waals surface area contributed by atoms with Gasteiger partial charge in [0.05, 0.1) is 0 Å². The van der Waals surface area contributed by atoms with Crippen LogP contribution in [0.4, 0.5) is 0 Å². The Hall–Kier alpha value is -0.580. The number of carbonyl (C=O) groups excluding carboxylic acids is 1. The van der Waals surface area contributed by atoms with Crippen LogP contribution in [0.25, 0.3) is 0 Å². The fourth-order valence-electron chi connectivity index (χ4n) is 0.320. The van der Waals surface area contributed by atoms with E-state index in [2.05, 4.69) is 11.9 Å². The molecule has 4 nitrogen and oxygen atoms in total. The third kappa shape index (κ3) is 17.7. The Morgan fingerprint density at radius 1 is 1.55 bits per heavy atom. The standard InChI is InChI=1S/C6H11NO.ClH.2H3N/c1-3-5-7-6(8)4-2;;;/h4H,2-3,5H2,1H3,(H,7,8);1H;2*1H3. The average molecular weight is 184 g/mol. The van der Waals surface area contributed by atoms with Crippen LogP contribution in [0.2, 0.25) is 0 Å². The van der Waals surface area contributed by atoms with Crippen molar-refractivity contribution in [2.24, 2.45) is 0 Å². The predicted octanol–water partition coefficient (Wildman–Crippen LogP) is 1.44. The maximum Gasteiger partial charge on any atom is 0.243 e. The van der Waals surface area contributed by atoms with Crippen LogP contribution in [-0.2, 0) is 4.79 Å². The third-order valence-electron chi connectivity index (χ3n) is 0.735. The number of nitrogens with one attached hydrogen (secondary N) is 1. The predicted molar refractivity (Wildman–Crippen MR) is 50.8 cm³/mol. The van der Waals surface area contributed by atoms with Gasteiger partial charge in [0, 0.05) is 6.54 Å². The first-order valence-electron chi connectivity index (χ1n) is 2.71. The molecule has 1 amide bonds. The Morgan fingerprint density at radius 3 is 2.27 bits per heavy atom. The molecule has 0 bridgehead atoms. The fraction of sp³-hybridized carbons (Fsp3) is 0.500. The van der Waals surface area contributed by atoms with Crippen molar-refractivity contribution >= 4 is 18.3 Å². The summed E-state index contributed by atoms with van der Waals surface area (Å²) in [7, 11) is 0. The Kier molecular flexibility index (Phi) is 33.0. The molecule has 5 heteroatoms. The van der Waals surface area contributed by atoms with E-state index in [4.69, 9.17) is 0 Å². The lowest BCUT2D eigenvalue weighted by atomic mass is 10.4. The van der Waals surface area contributed by atoms with Crippen molar-refractivity contribution in [2.75, 3.05) is 6.54 Å². The molecule has 0 radical (unpaired) electrons. The van der Waals surface area contributed by atoms with E-state index < -0.39 is 0 Å². The number of halogens is 1. The maximum absolute atomic E-state index is 10.3. The molecule has 0 atom stereocenters. The SMILES string of the molecule is C=CC(=O)NCCC.Cl.N.N. The molecule has 0 rings (SSSR count). The largest absolute Gasteiger partial charge is 0.353 e. The van der Waals surface area contributed by atoms with E-state index in [1.165, 1.54) is 6.08 Å². The van der Waals surface area contributed by atoms with Gasteiger partial charge in [0.15, 0.2) is 0 Å². The van der Waals surface area contributed by atoms with Gasteiger partial charge in [-0.25, -0.2) is 0 Å². The van der Waals surface area contributed by atoms with E-state index in [0.717, 1.165) is 13.0 Å². The molecule has 0 heterocycles. The van der Waals surface area contributed by atoms with Crippen molar-refractivity contribution in [3.63, 3.8) is 0 Å². The van der Waals surface area contributed by atoms with Crippen LogP contribution in [0.5, 0.6) is 0 Å². The Balaban J connectivity index is -0.0000000817. The molecule has 0 aromatic rings. The Morgan fingerprint density at radius 2 is 2.00 bits per heavy atom. The van der Waals surface area contributed by atoms with Crippen LogP contribution in [-0.4, -0.2) is 12.5 Å². The fourth-order valence-corrected chi connectivity index (χ4v) is 0.320. The molecule has 0 aliphatic rings. The summed E-state index contributed by atoms with van der Waals surface area (Å²) in [5.41, 5.74) is 0. The van der Waals surface area contributed by atoms with Gasteiger partial charge in [-0.05, 0) is 12.5 Å². The van der Waals surface area contributed by atoms with Crippen molar-refractivity contribution in [3.05, 3.63) is 12.7 Å². The number of hydrogen-bond donors (Lipinski definition) is 3. The van der Waals surface area contributed by atoms with Crippen LogP contribution in [0.3, 0.4) is 0 Å². The lowest BCUT2D eigenvalue weighted by Crippen LogP contribution is -2.20. The van der Waals surface area contributed by atoms with Gasteiger partial charge in [-0.15, -0.1) is 12.4 Å². The smallest absolute Gasteiger partial charge is 0.243 e. The highest BCUT2D eigenvalue weighted by Gasteiger charge is 1.86. The minimum atomic E-state index is -0.0909. The summed E-state index contributed by atoms with van der Waals surface area (Å²) in [6.07, 6.45) is 2.25. The van der Waals surface area contributed by atoms with Gasteiger partial charge < -0.3 is 17.6 Å². The van der Waals surface area contributed by atoms with E-state index in [0.29, 0.717) is 0 Å². The molecule has 0 aliphatic carbocycles. The van der Waals surface area contributed by atoms with Gasteiger partial charge in [0.2, 0.25) is 5.91 Å². The Bertz CT molecular complexity index is 97.8. The molecular weight excluding hydrogens is 166 g/mol. The van der Waals surface area contributed by atoms with Crippen molar-refractivity contribution in [3.8, 4) is 0 Å². The van der Waals surface area contributed by atoms with Gasteiger partial charge in [-0.3, -0.25) is 4.79 Å². The van der Waals surface area contributed by atoms with Gasteiger partial charge in [-0.2, -0.15) is 0 Å². The second-order valence-electron chi connectivity index (χ2n) is 1.50. The number of carbonyl (C=O) groups is 1. The average Bonchev–Trinajstić information content (AvgIpc) is 1.83. The van der Waals surface area contributed by atoms with Crippen LogP contribution >= 0.6 is 12.4 Å². The molecule has 0 fully saturated rings. The first-order chi connectivity index (χ1) is 3.81. The van der Waals surface area contributed by atoms with Crippen LogP contribution in [0.1, 0.15) is 13.3 Å². The van der Waals surface area contributed by atoms with Gasteiger partial charge in [-0.1, -0.05) is 13.5 Å². The summed E-state index contributed by atoms with van der Waals surface area (Å²) < 4.78 is 0. The molecule has 0 unspecified atom stereocenters. The molecule has 0 spiro atoms. The van der Waals surface area contributed by atoms with Crippen LogP contribution in [0, 0.1) is 0 Å². The van der Waals surface area contributed by atoms with Gasteiger partial charge >= 0.3 is 0 Å². The first kappa shape index (κ1) is 22.4. The van der Waals surface area contributed by atoms with Crippen LogP contribution < -0.4 is 17.6 Å². The number of hydrogen-bond acceptors (Lipinski definition) is 3. The molecule has 0 aliphatic heterocycles. The summed E-state index contributed by atoms with van der Waals surface area (Å²) in [6, 6.07) is 0. The Labute approximate surface area is 74.0 Å². The molecule has 0 aromatic heterocycles. The van der Waals surface area contributed by atoms with Crippen molar-refractivity contribution < 1.29 is 4.79 Å². The molecular formula is C6H18ClN3O. The summed E-state index contributed by atoms with van der Waals surface area (Å²) in [6.45, 7) is 6.05. The summed E-state index contributed by atoms with van der Waals surface area (Å²) >= 11 is 0. The third-order valence-corrected chi connectivity index (χ3v) is 0.735. The zero-order valence-electron chi connectivity index (χ0n) is 6.93. The minimum absolute atomic E-state index is 0. The quantitative estimate of drug-likeness (QED) is 0.578. The topological polar surface area (TPSA) is 99.1 Å². The van der Waals surface area contributed by atoms with Gasteiger partial charge in [0.25, 0.3) is 0 Å². The molecule has 0 saturated heterocycles. The van der Waals surface area contributed by atoms with E-state index in [-0.39, 0.29) is 30.6 Å². The van der Waals surface area contributed by atoms with Crippen molar-refractivity contribution in [1.29, 1.82) is 0 Å². The van der Waals surface area contributed by atoms with E-state index in [9.17, 15) is 4.79 Å². The zero-order chi connectivity index (χ0) is 6.41.